The summed E-state index contributed by atoms with van der Waals surface area (Å²) in [7, 11) is 1.92. The monoisotopic (exact) mass is 428 g/mol. The Kier molecular flexibility index (Phi) is 4.20. The highest BCUT2D eigenvalue weighted by Crippen LogP contribution is 2.31. The highest BCUT2D eigenvalue weighted by Gasteiger charge is 2.27. The van der Waals surface area contributed by atoms with Gasteiger partial charge in [-0.15, -0.1) is 5.10 Å². The number of piperidine rings is 1. The maximum atomic E-state index is 12.5. The van der Waals surface area contributed by atoms with Gasteiger partial charge in [0.05, 0.1) is 5.52 Å². The third kappa shape index (κ3) is 2.85. The number of nitrogens with zero attached hydrogens (tertiary/aromatic N) is 9. The summed E-state index contributed by atoms with van der Waals surface area (Å²) in [6.45, 7) is 1.51. The van der Waals surface area contributed by atoms with Crippen molar-refractivity contribution in [3.8, 4) is 11.5 Å². The van der Waals surface area contributed by atoms with Gasteiger partial charge in [0.25, 0.3) is 0 Å². The van der Waals surface area contributed by atoms with E-state index in [1.165, 1.54) is 0 Å². The van der Waals surface area contributed by atoms with Gasteiger partial charge in [-0.3, -0.25) is 9.55 Å². The molecule has 160 valence electrons. The van der Waals surface area contributed by atoms with Gasteiger partial charge in [-0.1, -0.05) is 0 Å². The third-order valence-electron chi connectivity index (χ3n) is 6.06. The number of hydrogen-bond donors (Lipinski definition) is 1. The number of rotatable bonds is 3. The molecule has 1 fully saturated rings. The van der Waals surface area contributed by atoms with Gasteiger partial charge in [0.1, 0.15) is 12.0 Å². The molecule has 5 aromatic heterocycles. The van der Waals surface area contributed by atoms with Gasteiger partial charge in [-0.05, 0) is 37.1 Å². The number of fused-ring (bicyclic) bond motifs is 2. The zero-order chi connectivity index (χ0) is 21.7. The van der Waals surface area contributed by atoms with Crippen molar-refractivity contribution < 1.29 is 0 Å². The van der Waals surface area contributed by atoms with Crippen LogP contribution >= 0.6 is 0 Å². The first-order valence-electron chi connectivity index (χ1n) is 10.5. The quantitative estimate of drug-likeness (QED) is 0.461. The lowest BCUT2D eigenvalue weighted by Crippen LogP contribution is -2.37. The summed E-state index contributed by atoms with van der Waals surface area (Å²) >= 11 is 0. The van der Waals surface area contributed by atoms with Gasteiger partial charge in [-0.2, -0.15) is 5.10 Å². The SMILES string of the molecule is Cn1c(-c2cccnn2)nc2c(N3CCC(n4c(=O)[nH]c5ncccc54)CC3)ncnc21. The van der Waals surface area contributed by atoms with Crippen LogP contribution < -0.4 is 10.6 Å². The molecule has 6 rings (SSSR count). The Bertz CT molecular complexity index is 1480. The number of imidazole rings is 2. The first kappa shape index (κ1) is 18.6. The zero-order valence-electron chi connectivity index (χ0n) is 17.4. The fraction of sp³-hybridized carbons (Fsp3) is 0.286. The minimum Gasteiger partial charge on any atom is -0.355 e. The molecule has 0 spiro atoms. The van der Waals surface area contributed by atoms with Crippen LogP contribution in [0.3, 0.4) is 0 Å². The van der Waals surface area contributed by atoms with Gasteiger partial charge in [0, 0.05) is 38.6 Å². The molecular weight excluding hydrogens is 408 g/mol. The first-order valence-corrected chi connectivity index (χ1v) is 10.5. The van der Waals surface area contributed by atoms with E-state index < -0.39 is 0 Å². The van der Waals surface area contributed by atoms with E-state index in [1.807, 2.05) is 40.4 Å². The Morgan fingerprint density at radius 3 is 2.72 bits per heavy atom. The molecule has 0 aromatic carbocycles. The highest BCUT2D eigenvalue weighted by atomic mass is 16.1. The second kappa shape index (κ2) is 7.22. The van der Waals surface area contributed by atoms with Crippen LogP contribution in [0.1, 0.15) is 18.9 Å². The number of nitrogens with one attached hydrogen (secondary N) is 1. The molecule has 0 amide bonds. The number of anilines is 1. The Morgan fingerprint density at radius 1 is 1.06 bits per heavy atom. The Labute approximate surface area is 181 Å². The van der Waals surface area contributed by atoms with Crippen molar-refractivity contribution in [2.45, 2.75) is 18.9 Å². The van der Waals surface area contributed by atoms with E-state index in [-0.39, 0.29) is 11.7 Å². The number of pyridine rings is 1. The molecule has 6 heterocycles. The number of aromatic amines is 1. The smallest absolute Gasteiger partial charge is 0.327 e. The number of H-pyrrole nitrogens is 1. The Hall–Kier alpha value is -4.15. The van der Waals surface area contributed by atoms with Gasteiger partial charge in [-0.25, -0.2) is 24.7 Å². The fourth-order valence-corrected chi connectivity index (χ4v) is 4.53. The van der Waals surface area contributed by atoms with Crippen molar-refractivity contribution in [1.82, 2.24) is 44.3 Å². The third-order valence-corrected chi connectivity index (χ3v) is 6.06. The maximum absolute atomic E-state index is 12.5. The largest absolute Gasteiger partial charge is 0.355 e. The van der Waals surface area contributed by atoms with Gasteiger partial charge < -0.3 is 9.47 Å². The average Bonchev–Trinajstić information content (AvgIpc) is 3.36. The molecule has 1 aliphatic heterocycles. The second-order valence-electron chi connectivity index (χ2n) is 7.86. The van der Waals surface area contributed by atoms with Crippen LogP contribution in [0, 0.1) is 0 Å². The van der Waals surface area contributed by atoms with Crippen LogP contribution in [-0.4, -0.2) is 57.3 Å². The summed E-state index contributed by atoms with van der Waals surface area (Å²) in [6.07, 6.45) is 6.53. The molecule has 0 unspecified atom stereocenters. The van der Waals surface area contributed by atoms with E-state index in [4.69, 9.17) is 4.98 Å². The molecule has 1 N–H and O–H groups in total. The van der Waals surface area contributed by atoms with E-state index in [0.717, 1.165) is 48.4 Å². The van der Waals surface area contributed by atoms with E-state index in [9.17, 15) is 4.79 Å². The van der Waals surface area contributed by atoms with Crippen LogP contribution in [0.25, 0.3) is 33.8 Å². The predicted molar refractivity (Wildman–Crippen MR) is 118 cm³/mol. The zero-order valence-corrected chi connectivity index (χ0v) is 17.4. The van der Waals surface area contributed by atoms with E-state index >= 15 is 0 Å². The van der Waals surface area contributed by atoms with Crippen molar-refractivity contribution in [3.05, 3.63) is 53.5 Å². The maximum Gasteiger partial charge on any atom is 0.327 e. The Morgan fingerprint density at radius 2 is 1.91 bits per heavy atom. The molecule has 11 heteroatoms. The second-order valence-corrected chi connectivity index (χ2v) is 7.86. The lowest BCUT2D eigenvalue weighted by Gasteiger charge is -2.33. The molecule has 0 aliphatic carbocycles. The normalized spacial score (nSPS) is 15.1. The number of hydrogen-bond acceptors (Lipinski definition) is 8. The molecule has 0 bridgehead atoms. The van der Waals surface area contributed by atoms with E-state index in [2.05, 4.69) is 35.0 Å². The molecule has 32 heavy (non-hydrogen) atoms. The van der Waals surface area contributed by atoms with Gasteiger partial charge in [0.2, 0.25) is 0 Å². The molecule has 1 saturated heterocycles. The van der Waals surface area contributed by atoms with Crippen LogP contribution in [0.4, 0.5) is 5.82 Å². The van der Waals surface area contributed by atoms with Crippen molar-refractivity contribution in [3.63, 3.8) is 0 Å². The minimum absolute atomic E-state index is 0.105. The van der Waals surface area contributed by atoms with Crippen LogP contribution in [-0.2, 0) is 7.05 Å². The summed E-state index contributed by atoms with van der Waals surface area (Å²) in [5.74, 6) is 1.50. The highest BCUT2D eigenvalue weighted by molar-refractivity contribution is 5.86. The fourth-order valence-electron chi connectivity index (χ4n) is 4.53. The minimum atomic E-state index is -0.111. The van der Waals surface area contributed by atoms with Gasteiger partial charge in [0.15, 0.2) is 28.5 Å². The van der Waals surface area contributed by atoms with E-state index in [1.54, 1.807) is 18.7 Å². The first-order chi connectivity index (χ1) is 15.7. The molecule has 0 atom stereocenters. The van der Waals surface area contributed by atoms with Crippen molar-refractivity contribution in [2.75, 3.05) is 18.0 Å². The summed E-state index contributed by atoms with van der Waals surface area (Å²) in [5.41, 5.74) is 3.53. The molecular formula is C21H20N10O. The molecule has 5 aromatic rings. The lowest BCUT2D eigenvalue weighted by molar-refractivity contribution is 0.395. The Balaban J connectivity index is 1.32. The molecule has 11 nitrogen and oxygen atoms in total. The number of aromatic nitrogens is 9. The lowest BCUT2D eigenvalue weighted by atomic mass is 10.0. The summed E-state index contributed by atoms with van der Waals surface area (Å²) in [6, 6.07) is 7.60. The average molecular weight is 428 g/mol. The standard InChI is InChI=1S/C21H20N10O/c1-29-18(14-4-2-9-25-28-14)26-16-19(29)23-12-24-20(16)30-10-6-13(7-11-30)31-15-5-3-8-22-17(15)27-21(31)32/h2-5,8-9,12-13H,6-7,10-11H2,1H3,(H,22,27,32). The van der Waals surface area contributed by atoms with Crippen LogP contribution in [0.15, 0.2) is 47.8 Å². The van der Waals surface area contributed by atoms with Crippen LogP contribution in [0.5, 0.6) is 0 Å². The van der Waals surface area contributed by atoms with Crippen LogP contribution in [0.2, 0.25) is 0 Å². The van der Waals surface area contributed by atoms with E-state index in [0.29, 0.717) is 17.2 Å². The summed E-state index contributed by atoms with van der Waals surface area (Å²) < 4.78 is 3.75. The number of aryl methyl sites for hydroxylation is 1. The molecule has 1 aliphatic rings. The topological polar surface area (TPSA) is 123 Å². The predicted octanol–water partition coefficient (Wildman–Crippen LogP) is 1.70. The van der Waals surface area contributed by atoms with Gasteiger partial charge >= 0.3 is 5.69 Å². The van der Waals surface area contributed by atoms with Crippen molar-refractivity contribution >= 4 is 28.1 Å². The van der Waals surface area contributed by atoms with Crippen molar-refractivity contribution in [2.24, 2.45) is 7.05 Å². The molecule has 0 saturated carbocycles. The molecule has 0 radical (unpaired) electrons. The summed E-state index contributed by atoms with van der Waals surface area (Å²) in [4.78, 5) is 35.7. The van der Waals surface area contributed by atoms with Crippen molar-refractivity contribution in [1.29, 1.82) is 0 Å². The summed E-state index contributed by atoms with van der Waals surface area (Å²) in [5, 5.41) is 8.14.